The Kier molecular flexibility index (Phi) is 5.10. The van der Waals surface area contributed by atoms with E-state index < -0.39 is 34.9 Å². The van der Waals surface area contributed by atoms with E-state index in [2.05, 4.69) is 0 Å². The number of ether oxygens (including phenoxy) is 1. The Labute approximate surface area is 138 Å². The number of hydrogen-bond acceptors (Lipinski definition) is 1. The fourth-order valence-corrected chi connectivity index (χ4v) is 2.10. The largest absolute Gasteiger partial charge is 0.496 e. The Morgan fingerprint density at radius 1 is 0.880 bits per heavy atom. The van der Waals surface area contributed by atoms with Gasteiger partial charge in [0.15, 0.2) is 0 Å². The molecule has 0 radical (unpaired) electrons. The second-order valence-corrected chi connectivity index (χ2v) is 5.03. The van der Waals surface area contributed by atoms with Crippen molar-refractivity contribution in [3.8, 4) is 5.75 Å². The molecule has 0 saturated heterocycles. The Bertz CT molecular complexity index is 756. The molecule has 0 spiro atoms. The molecule has 0 bridgehead atoms. The molecule has 0 aliphatic carbocycles. The zero-order valence-corrected chi connectivity index (χ0v) is 12.7. The molecule has 25 heavy (non-hydrogen) atoms. The van der Waals surface area contributed by atoms with Crippen LogP contribution in [0.15, 0.2) is 42.5 Å². The quantitative estimate of drug-likeness (QED) is 0.465. The molecular weight excluding hydrogens is 353 g/mol. The van der Waals surface area contributed by atoms with Crippen molar-refractivity contribution in [2.24, 2.45) is 0 Å². The topological polar surface area (TPSA) is 9.23 Å². The number of alkyl halides is 6. The summed E-state index contributed by atoms with van der Waals surface area (Å²) in [6.45, 7) is 0. The van der Waals surface area contributed by atoms with Crippen molar-refractivity contribution < 1.29 is 35.5 Å². The van der Waals surface area contributed by atoms with Gasteiger partial charge in [0.1, 0.15) is 11.6 Å². The van der Waals surface area contributed by atoms with E-state index in [0.29, 0.717) is 12.1 Å². The molecular formula is C17H11F7O. The summed E-state index contributed by atoms with van der Waals surface area (Å²) in [5.41, 5.74) is -3.82. The van der Waals surface area contributed by atoms with E-state index in [9.17, 15) is 30.7 Å². The highest BCUT2D eigenvalue weighted by atomic mass is 19.4. The molecule has 2 rings (SSSR count). The molecule has 0 saturated carbocycles. The van der Waals surface area contributed by atoms with Gasteiger partial charge in [-0.2, -0.15) is 26.3 Å². The Morgan fingerprint density at radius 2 is 1.40 bits per heavy atom. The van der Waals surface area contributed by atoms with Crippen LogP contribution in [0.2, 0.25) is 0 Å². The minimum atomic E-state index is -5.04. The van der Waals surface area contributed by atoms with Crippen LogP contribution >= 0.6 is 0 Å². The van der Waals surface area contributed by atoms with Crippen LogP contribution in [0.4, 0.5) is 30.7 Å². The van der Waals surface area contributed by atoms with Crippen LogP contribution in [0.1, 0.15) is 22.3 Å². The lowest BCUT2D eigenvalue weighted by molar-refractivity contribution is -0.143. The molecule has 0 unspecified atom stereocenters. The predicted molar refractivity (Wildman–Crippen MR) is 78.4 cm³/mol. The minimum Gasteiger partial charge on any atom is -0.496 e. The molecule has 0 aromatic heterocycles. The lowest BCUT2D eigenvalue weighted by Gasteiger charge is -2.13. The third-order valence-electron chi connectivity index (χ3n) is 3.28. The molecule has 0 atom stereocenters. The Morgan fingerprint density at radius 3 is 1.88 bits per heavy atom. The molecule has 0 amide bonds. The van der Waals surface area contributed by atoms with Crippen molar-refractivity contribution in [1.29, 1.82) is 0 Å². The highest BCUT2D eigenvalue weighted by Crippen LogP contribution is 2.38. The zero-order valence-electron chi connectivity index (χ0n) is 12.7. The summed E-state index contributed by atoms with van der Waals surface area (Å²) in [4.78, 5) is 0. The molecule has 1 nitrogen and oxygen atoms in total. The van der Waals surface area contributed by atoms with Gasteiger partial charge in [-0.3, -0.25) is 0 Å². The van der Waals surface area contributed by atoms with Gasteiger partial charge in [0.25, 0.3) is 0 Å². The predicted octanol–water partition coefficient (Wildman–Crippen LogP) is 6.20. The first kappa shape index (κ1) is 18.8. The number of para-hydroxylation sites is 1. The van der Waals surface area contributed by atoms with E-state index in [4.69, 9.17) is 4.74 Å². The van der Waals surface area contributed by atoms with Crippen LogP contribution in [0, 0.1) is 0 Å². The van der Waals surface area contributed by atoms with Crippen molar-refractivity contribution in [1.82, 2.24) is 0 Å². The third-order valence-corrected chi connectivity index (χ3v) is 3.28. The second-order valence-electron chi connectivity index (χ2n) is 5.03. The van der Waals surface area contributed by atoms with E-state index in [1.54, 1.807) is 6.07 Å². The number of methoxy groups -OCH3 is 1. The van der Waals surface area contributed by atoms with Gasteiger partial charge in [0.2, 0.25) is 0 Å². The van der Waals surface area contributed by atoms with E-state index in [0.717, 1.165) is 6.08 Å². The lowest BCUT2D eigenvalue weighted by atomic mass is 10.0. The summed E-state index contributed by atoms with van der Waals surface area (Å²) in [5.74, 6) is -1.03. The van der Waals surface area contributed by atoms with Gasteiger partial charge in [0.05, 0.1) is 18.2 Å². The summed E-state index contributed by atoms with van der Waals surface area (Å²) in [7, 11) is 1.30. The minimum absolute atomic E-state index is 0.0557. The Balaban J connectivity index is 2.59. The fraction of sp³-hybridized carbons (Fsp3) is 0.176. The normalized spacial score (nSPS) is 13.0. The van der Waals surface area contributed by atoms with Crippen LogP contribution < -0.4 is 4.74 Å². The molecule has 2 aromatic carbocycles. The molecule has 0 heterocycles. The van der Waals surface area contributed by atoms with E-state index in [1.807, 2.05) is 0 Å². The second kappa shape index (κ2) is 6.78. The number of halogens is 7. The average Bonchev–Trinajstić information content (AvgIpc) is 2.53. The average molecular weight is 364 g/mol. The molecule has 0 fully saturated rings. The first-order valence-electron chi connectivity index (χ1n) is 6.82. The standard InChI is InChI=1S/C17H11F7O/c1-25-15-5-3-2-4-10(15)8-14(18)11-6-12(16(19,20)21)9-13(7-11)17(22,23)24/h2-9H,1H3/b14-8+. The van der Waals surface area contributed by atoms with E-state index in [-0.39, 0.29) is 17.4 Å². The van der Waals surface area contributed by atoms with Crippen molar-refractivity contribution in [2.75, 3.05) is 7.11 Å². The first-order chi connectivity index (χ1) is 11.5. The van der Waals surface area contributed by atoms with Crippen molar-refractivity contribution in [3.63, 3.8) is 0 Å². The fourth-order valence-electron chi connectivity index (χ4n) is 2.10. The molecule has 2 aromatic rings. The van der Waals surface area contributed by atoms with Gasteiger partial charge in [-0.05, 0) is 30.3 Å². The van der Waals surface area contributed by atoms with Crippen molar-refractivity contribution in [2.45, 2.75) is 12.4 Å². The molecule has 134 valence electrons. The summed E-state index contributed by atoms with van der Waals surface area (Å²) >= 11 is 0. The van der Waals surface area contributed by atoms with Crippen LogP contribution in [0.5, 0.6) is 5.75 Å². The first-order valence-corrected chi connectivity index (χ1v) is 6.82. The zero-order chi connectivity index (χ0) is 18.8. The molecule has 0 N–H and O–H groups in total. The van der Waals surface area contributed by atoms with Gasteiger partial charge in [0, 0.05) is 11.1 Å². The summed E-state index contributed by atoms with van der Waals surface area (Å²) < 4.78 is 96.2. The maximum atomic E-state index is 14.3. The molecule has 0 aliphatic heterocycles. The number of hydrogen-bond donors (Lipinski definition) is 0. The van der Waals surface area contributed by atoms with Crippen LogP contribution in [-0.2, 0) is 12.4 Å². The van der Waals surface area contributed by atoms with Crippen LogP contribution in [0.3, 0.4) is 0 Å². The third kappa shape index (κ3) is 4.52. The summed E-state index contributed by atoms with van der Waals surface area (Å²) in [5, 5.41) is 0. The van der Waals surface area contributed by atoms with Gasteiger partial charge >= 0.3 is 12.4 Å². The maximum Gasteiger partial charge on any atom is 0.416 e. The van der Waals surface area contributed by atoms with Gasteiger partial charge in [-0.25, -0.2) is 4.39 Å². The van der Waals surface area contributed by atoms with Gasteiger partial charge < -0.3 is 4.74 Å². The Hall–Kier alpha value is -2.51. The summed E-state index contributed by atoms with van der Waals surface area (Å²) in [6.07, 6.45) is -9.27. The highest BCUT2D eigenvalue weighted by Gasteiger charge is 2.37. The van der Waals surface area contributed by atoms with Gasteiger partial charge in [-0.1, -0.05) is 18.2 Å². The molecule has 0 aliphatic rings. The van der Waals surface area contributed by atoms with Crippen molar-refractivity contribution in [3.05, 3.63) is 64.7 Å². The maximum absolute atomic E-state index is 14.3. The van der Waals surface area contributed by atoms with Crippen LogP contribution in [-0.4, -0.2) is 7.11 Å². The number of benzene rings is 2. The summed E-state index contributed by atoms with van der Waals surface area (Å²) in [6, 6.07) is 6.60. The van der Waals surface area contributed by atoms with E-state index in [1.165, 1.54) is 25.3 Å². The highest BCUT2D eigenvalue weighted by molar-refractivity contribution is 5.79. The van der Waals surface area contributed by atoms with Gasteiger partial charge in [-0.15, -0.1) is 0 Å². The number of rotatable bonds is 3. The van der Waals surface area contributed by atoms with E-state index >= 15 is 0 Å². The van der Waals surface area contributed by atoms with Crippen LogP contribution in [0.25, 0.3) is 11.9 Å². The van der Waals surface area contributed by atoms with Crippen molar-refractivity contribution >= 4 is 11.9 Å². The SMILES string of the molecule is COc1ccccc1/C=C(/F)c1cc(C(F)(F)F)cc(C(F)(F)F)c1. The molecule has 8 heteroatoms. The lowest BCUT2D eigenvalue weighted by Crippen LogP contribution is -2.11. The monoisotopic (exact) mass is 364 g/mol. The smallest absolute Gasteiger partial charge is 0.416 e.